The summed E-state index contributed by atoms with van der Waals surface area (Å²) in [4.78, 5) is 18.5. The van der Waals surface area contributed by atoms with Crippen LogP contribution in [0.2, 0.25) is 0 Å². The molecule has 2 aliphatic rings. The van der Waals surface area contributed by atoms with E-state index >= 15 is 0 Å². The first-order valence-corrected chi connectivity index (χ1v) is 8.23. The van der Waals surface area contributed by atoms with Crippen LogP contribution < -0.4 is 5.73 Å². The number of amides is 1. The van der Waals surface area contributed by atoms with E-state index in [1.165, 1.54) is 18.3 Å². The van der Waals surface area contributed by atoms with Crippen molar-refractivity contribution in [3.05, 3.63) is 41.5 Å². The van der Waals surface area contributed by atoms with Crippen LogP contribution in [0.5, 0.6) is 0 Å². The van der Waals surface area contributed by atoms with Gasteiger partial charge in [-0.3, -0.25) is 9.79 Å². The third-order valence-electron chi connectivity index (χ3n) is 4.77. The van der Waals surface area contributed by atoms with Gasteiger partial charge in [0.2, 0.25) is 5.91 Å². The molecular weight excluding hydrogens is 331 g/mol. The quantitative estimate of drug-likeness (QED) is 0.907. The van der Waals surface area contributed by atoms with Crippen LogP contribution in [0.25, 0.3) is 5.57 Å². The van der Waals surface area contributed by atoms with E-state index in [0.717, 1.165) is 32.0 Å². The van der Waals surface area contributed by atoms with E-state index in [4.69, 9.17) is 5.73 Å². The second-order valence-corrected chi connectivity index (χ2v) is 6.62. The third-order valence-corrected chi connectivity index (χ3v) is 4.77. The molecule has 1 unspecified atom stereocenters. The number of carbonyl (C=O) groups excluding carboxylic acids is 1. The van der Waals surface area contributed by atoms with Gasteiger partial charge in [-0.25, -0.2) is 0 Å². The van der Waals surface area contributed by atoms with Crippen LogP contribution in [0.1, 0.15) is 24.0 Å². The minimum atomic E-state index is -4.48. The van der Waals surface area contributed by atoms with Gasteiger partial charge in [0, 0.05) is 12.8 Å². The first-order chi connectivity index (χ1) is 11.8. The van der Waals surface area contributed by atoms with Crippen molar-refractivity contribution in [1.29, 1.82) is 0 Å². The number of nitrogens with zero attached hydrogens (tertiary/aromatic N) is 2. The second-order valence-electron chi connectivity index (χ2n) is 6.62. The molecular formula is C18H20F3N3O. The molecule has 4 nitrogen and oxygen atoms in total. The standard InChI is InChI=1S/C18H20F3N3O/c19-18(20,21)15-6-2-1-5-14(15)13-9-17(16(22)25,11-23-10-13)12-24-7-3-4-8-24/h1-2,5-6,9-10H,3-4,7-8,11-12H2,(H2,22,25). The second kappa shape index (κ2) is 6.63. The van der Waals surface area contributed by atoms with E-state index in [1.807, 2.05) is 0 Å². The summed E-state index contributed by atoms with van der Waals surface area (Å²) in [6.07, 6.45) is 0.588. The van der Waals surface area contributed by atoms with Crippen LogP contribution in [-0.4, -0.2) is 43.2 Å². The lowest BCUT2D eigenvalue weighted by molar-refractivity contribution is -0.137. The Labute approximate surface area is 144 Å². The number of nitrogens with two attached hydrogens (primary N) is 1. The fraction of sp³-hybridized carbons (Fsp3) is 0.444. The first kappa shape index (κ1) is 17.7. The van der Waals surface area contributed by atoms with Gasteiger partial charge >= 0.3 is 6.18 Å². The van der Waals surface area contributed by atoms with Crippen molar-refractivity contribution in [3.63, 3.8) is 0 Å². The SMILES string of the molecule is NC(=O)C1(CN2CCCC2)C=C(c2ccccc2C(F)(F)F)C=NC1. The Morgan fingerprint density at radius 3 is 2.56 bits per heavy atom. The number of likely N-dealkylation sites (tertiary alicyclic amines) is 1. The van der Waals surface area contributed by atoms with Crippen molar-refractivity contribution in [2.45, 2.75) is 19.0 Å². The van der Waals surface area contributed by atoms with Gasteiger partial charge in [-0.2, -0.15) is 13.2 Å². The molecule has 1 saturated heterocycles. The molecule has 1 aromatic carbocycles. The van der Waals surface area contributed by atoms with Gasteiger partial charge in [-0.15, -0.1) is 0 Å². The number of dihydropyridines is 1. The smallest absolute Gasteiger partial charge is 0.369 e. The summed E-state index contributed by atoms with van der Waals surface area (Å²) >= 11 is 0. The Bertz CT molecular complexity index is 721. The minimum Gasteiger partial charge on any atom is -0.369 e. The number of hydrogen-bond acceptors (Lipinski definition) is 3. The summed E-state index contributed by atoms with van der Waals surface area (Å²) in [6, 6.07) is 5.32. The van der Waals surface area contributed by atoms with E-state index in [0.29, 0.717) is 6.54 Å². The highest BCUT2D eigenvalue weighted by molar-refractivity contribution is 6.12. The van der Waals surface area contributed by atoms with Crippen molar-refractivity contribution < 1.29 is 18.0 Å². The molecule has 134 valence electrons. The number of hydrogen-bond donors (Lipinski definition) is 1. The molecule has 0 spiro atoms. The fourth-order valence-corrected chi connectivity index (χ4v) is 3.48. The molecule has 2 heterocycles. The minimum absolute atomic E-state index is 0.0190. The van der Waals surface area contributed by atoms with E-state index in [2.05, 4.69) is 9.89 Å². The number of halogens is 3. The summed E-state index contributed by atoms with van der Waals surface area (Å²) in [6.45, 7) is 2.27. The highest BCUT2D eigenvalue weighted by atomic mass is 19.4. The highest BCUT2D eigenvalue weighted by Crippen LogP contribution is 2.37. The zero-order chi connectivity index (χ0) is 18.1. The number of aliphatic imine (C=N–C) groups is 1. The number of rotatable bonds is 4. The Morgan fingerprint density at radius 1 is 1.24 bits per heavy atom. The molecule has 1 fully saturated rings. The fourth-order valence-electron chi connectivity index (χ4n) is 3.48. The third kappa shape index (κ3) is 3.61. The molecule has 0 aromatic heterocycles. The molecule has 7 heteroatoms. The normalized spacial score (nSPS) is 24.4. The summed E-state index contributed by atoms with van der Waals surface area (Å²) in [5.74, 6) is -0.557. The largest absolute Gasteiger partial charge is 0.417 e. The van der Waals surface area contributed by atoms with E-state index in [-0.39, 0.29) is 17.7 Å². The van der Waals surface area contributed by atoms with E-state index in [1.54, 1.807) is 12.1 Å². The number of benzene rings is 1. The van der Waals surface area contributed by atoms with Gasteiger partial charge in [0.1, 0.15) is 0 Å². The van der Waals surface area contributed by atoms with Gasteiger partial charge in [0.15, 0.2) is 0 Å². The summed E-state index contributed by atoms with van der Waals surface area (Å²) in [7, 11) is 0. The highest BCUT2D eigenvalue weighted by Gasteiger charge is 2.40. The van der Waals surface area contributed by atoms with Crippen molar-refractivity contribution >= 4 is 17.7 Å². The van der Waals surface area contributed by atoms with Crippen molar-refractivity contribution in [2.24, 2.45) is 16.1 Å². The Balaban J connectivity index is 2.01. The van der Waals surface area contributed by atoms with Gasteiger partial charge in [-0.05, 0) is 43.1 Å². The Hall–Kier alpha value is -2.15. The van der Waals surface area contributed by atoms with Crippen LogP contribution in [-0.2, 0) is 11.0 Å². The maximum absolute atomic E-state index is 13.3. The number of primary amides is 1. The Kier molecular flexibility index (Phi) is 4.69. The summed E-state index contributed by atoms with van der Waals surface area (Å²) in [5, 5.41) is 0. The van der Waals surface area contributed by atoms with Gasteiger partial charge in [0.25, 0.3) is 0 Å². The predicted molar refractivity (Wildman–Crippen MR) is 90.1 cm³/mol. The zero-order valence-corrected chi connectivity index (χ0v) is 13.7. The molecule has 2 N–H and O–H groups in total. The topological polar surface area (TPSA) is 58.7 Å². The van der Waals surface area contributed by atoms with Gasteiger partial charge in [0.05, 0.1) is 17.5 Å². The van der Waals surface area contributed by atoms with Gasteiger partial charge < -0.3 is 10.6 Å². The number of alkyl halides is 3. The molecule has 1 aromatic rings. The zero-order valence-electron chi connectivity index (χ0n) is 13.7. The molecule has 25 heavy (non-hydrogen) atoms. The molecule has 3 rings (SSSR count). The average molecular weight is 351 g/mol. The van der Waals surface area contributed by atoms with Gasteiger partial charge in [-0.1, -0.05) is 24.3 Å². The average Bonchev–Trinajstić information content (AvgIpc) is 3.07. The molecule has 0 bridgehead atoms. The number of carbonyl (C=O) groups is 1. The lowest BCUT2D eigenvalue weighted by atomic mass is 9.81. The van der Waals surface area contributed by atoms with Crippen LogP contribution in [0.3, 0.4) is 0 Å². The maximum Gasteiger partial charge on any atom is 0.417 e. The van der Waals surface area contributed by atoms with Crippen LogP contribution in [0.4, 0.5) is 13.2 Å². The molecule has 1 amide bonds. The van der Waals surface area contributed by atoms with E-state index < -0.39 is 23.1 Å². The van der Waals surface area contributed by atoms with Crippen LogP contribution in [0.15, 0.2) is 35.3 Å². The monoisotopic (exact) mass is 351 g/mol. The lowest BCUT2D eigenvalue weighted by Crippen LogP contribution is -2.47. The predicted octanol–water partition coefficient (Wildman–Crippen LogP) is 2.74. The van der Waals surface area contributed by atoms with Crippen molar-refractivity contribution in [3.8, 4) is 0 Å². The number of allylic oxidation sites excluding steroid dienone is 1. The van der Waals surface area contributed by atoms with Crippen LogP contribution >= 0.6 is 0 Å². The van der Waals surface area contributed by atoms with Crippen molar-refractivity contribution in [2.75, 3.05) is 26.2 Å². The van der Waals surface area contributed by atoms with E-state index in [9.17, 15) is 18.0 Å². The molecule has 0 saturated carbocycles. The molecule has 0 radical (unpaired) electrons. The van der Waals surface area contributed by atoms with Crippen LogP contribution in [0, 0.1) is 5.41 Å². The first-order valence-electron chi connectivity index (χ1n) is 8.23. The van der Waals surface area contributed by atoms with Crippen molar-refractivity contribution in [1.82, 2.24) is 4.90 Å². The lowest BCUT2D eigenvalue weighted by Gasteiger charge is -2.33. The molecule has 1 atom stereocenters. The molecule has 2 aliphatic heterocycles. The maximum atomic E-state index is 13.3. The molecule has 0 aliphatic carbocycles. The Morgan fingerprint density at radius 2 is 1.92 bits per heavy atom. The summed E-state index contributed by atoms with van der Waals surface area (Å²) < 4.78 is 39.9. The summed E-state index contributed by atoms with van der Waals surface area (Å²) in [5.41, 5.74) is 4.13.